The number of carbonyl (C=O) groups excluding carboxylic acids is 2. The monoisotopic (exact) mass is 836 g/mol. The van der Waals surface area contributed by atoms with Gasteiger partial charge in [-0.1, -0.05) is 264 Å². The van der Waals surface area contributed by atoms with Gasteiger partial charge in [-0.2, -0.15) is 0 Å². The van der Waals surface area contributed by atoms with Gasteiger partial charge < -0.3 is 20.3 Å². The molecule has 0 aliphatic carbocycles. The maximum atomic E-state index is 12.4. The lowest BCUT2D eigenvalue weighted by molar-refractivity contribution is -0.143. The number of esters is 1. The number of unbranched alkanes of at least 4 members (excludes halogenated alkanes) is 39. The first-order valence-corrected chi connectivity index (χ1v) is 26.8. The topological polar surface area (TPSA) is 95.9 Å². The molecule has 0 fully saturated rings. The van der Waals surface area contributed by atoms with Gasteiger partial charge in [0, 0.05) is 12.8 Å². The van der Waals surface area contributed by atoms with E-state index in [2.05, 4.69) is 19.2 Å². The molecule has 2 atom stereocenters. The fraction of sp³-hybridized carbons (Fsp3) is 0.962. The number of nitrogens with one attached hydrogen (secondary N) is 1. The van der Waals surface area contributed by atoms with Crippen molar-refractivity contribution in [3.8, 4) is 0 Å². The first-order chi connectivity index (χ1) is 29.0. The number of aliphatic hydroxyl groups excluding tert-OH is 2. The molecule has 0 aromatic carbocycles. The Morgan fingerprint density at radius 2 is 0.695 bits per heavy atom. The van der Waals surface area contributed by atoms with Crippen LogP contribution in [0.2, 0.25) is 0 Å². The molecule has 1 amide bonds. The third-order valence-corrected chi connectivity index (χ3v) is 12.7. The van der Waals surface area contributed by atoms with E-state index in [0.29, 0.717) is 25.9 Å². The minimum Gasteiger partial charge on any atom is -0.466 e. The molecule has 3 N–H and O–H groups in total. The SMILES string of the molecule is CCCCCCCCCCCCCCCCCC(=O)OCCCCCCCCCCCCCCCCCCCCC(=O)NC(CO)C(O)CCCCCCCCCCC. The van der Waals surface area contributed by atoms with Gasteiger partial charge in [0.05, 0.1) is 25.4 Å². The van der Waals surface area contributed by atoms with E-state index >= 15 is 0 Å². The molecule has 0 aliphatic heterocycles. The Hall–Kier alpha value is -1.14. The van der Waals surface area contributed by atoms with Crippen LogP contribution >= 0.6 is 0 Å². The van der Waals surface area contributed by atoms with E-state index in [1.165, 1.54) is 231 Å². The van der Waals surface area contributed by atoms with Crippen molar-refractivity contribution in [1.82, 2.24) is 5.32 Å². The number of hydrogen-bond donors (Lipinski definition) is 3. The van der Waals surface area contributed by atoms with Gasteiger partial charge in [0.25, 0.3) is 0 Å². The van der Waals surface area contributed by atoms with Crippen molar-refractivity contribution in [2.24, 2.45) is 0 Å². The van der Waals surface area contributed by atoms with Gasteiger partial charge in [0.15, 0.2) is 0 Å². The zero-order valence-electron chi connectivity index (χ0n) is 40.0. The predicted octanol–water partition coefficient (Wildman–Crippen LogP) is 16.0. The number of rotatable bonds is 50. The molecule has 2 unspecified atom stereocenters. The molecular formula is C53H105NO5. The van der Waals surface area contributed by atoms with Crippen LogP contribution in [0.4, 0.5) is 0 Å². The summed E-state index contributed by atoms with van der Waals surface area (Å²) in [7, 11) is 0. The van der Waals surface area contributed by atoms with Crippen LogP contribution in [0.25, 0.3) is 0 Å². The van der Waals surface area contributed by atoms with Crippen molar-refractivity contribution < 1.29 is 24.5 Å². The van der Waals surface area contributed by atoms with Crippen molar-refractivity contribution in [3.63, 3.8) is 0 Å². The zero-order chi connectivity index (χ0) is 43.0. The molecule has 0 radical (unpaired) electrons. The highest BCUT2D eigenvalue weighted by atomic mass is 16.5. The zero-order valence-corrected chi connectivity index (χ0v) is 40.0. The standard InChI is InChI=1S/C53H105NO5/c1-3-5-7-9-11-13-14-15-20-24-27-31-35-39-43-47-53(58)59-48-44-40-36-32-28-25-22-19-17-16-18-21-23-26-30-34-38-42-46-52(57)54-50(49-55)51(56)45-41-37-33-29-12-10-8-6-4-2/h50-51,55-56H,3-49H2,1-2H3,(H,54,57). The van der Waals surface area contributed by atoms with E-state index < -0.39 is 12.1 Å². The molecule has 0 bridgehead atoms. The van der Waals surface area contributed by atoms with E-state index in [9.17, 15) is 19.8 Å². The summed E-state index contributed by atoms with van der Waals surface area (Å²) in [5.41, 5.74) is 0. The third kappa shape index (κ3) is 46.2. The first-order valence-electron chi connectivity index (χ1n) is 26.8. The fourth-order valence-electron chi connectivity index (χ4n) is 8.52. The third-order valence-electron chi connectivity index (χ3n) is 12.7. The molecule has 0 aromatic heterocycles. The molecule has 352 valence electrons. The molecule has 0 aromatic rings. The second-order valence-electron chi connectivity index (χ2n) is 18.6. The maximum absolute atomic E-state index is 12.4. The normalized spacial score (nSPS) is 12.5. The highest BCUT2D eigenvalue weighted by molar-refractivity contribution is 5.76. The molecule has 0 rings (SSSR count). The van der Waals surface area contributed by atoms with Gasteiger partial charge >= 0.3 is 5.97 Å². The van der Waals surface area contributed by atoms with E-state index in [-0.39, 0.29) is 18.5 Å². The van der Waals surface area contributed by atoms with Gasteiger partial charge in [-0.25, -0.2) is 0 Å². The van der Waals surface area contributed by atoms with Crippen LogP contribution in [0.1, 0.15) is 303 Å². The second kappa shape index (κ2) is 49.5. The Bertz CT molecular complexity index is 837. The lowest BCUT2D eigenvalue weighted by Crippen LogP contribution is -2.45. The van der Waals surface area contributed by atoms with Crippen molar-refractivity contribution in [3.05, 3.63) is 0 Å². The number of ether oxygens (including phenoxy) is 1. The van der Waals surface area contributed by atoms with Gasteiger partial charge in [-0.15, -0.1) is 0 Å². The first kappa shape index (κ1) is 57.9. The van der Waals surface area contributed by atoms with Crippen LogP contribution in [-0.2, 0) is 14.3 Å². The Morgan fingerprint density at radius 3 is 1.03 bits per heavy atom. The molecule has 0 saturated carbocycles. The summed E-state index contributed by atoms with van der Waals surface area (Å²) >= 11 is 0. The summed E-state index contributed by atoms with van der Waals surface area (Å²) in [4.78, 5) is 24.4. The van der Waals surface area contributed by atoms with Crippen LogP contribution in [0.15, 0.2) is 0 Å². The van der Waals surface area contributed by atoms with Gasteiger partial charge in [0.1, 0.15) is 0 Å². The summed E-state index contributed by atoms with van der Waals surface area (Å²) < 4.78 is 5.48. The van der Waals surface area contributed by atoms with E-state index in [1.807, 2.05) is 0 Å². The van der Waals surface area contributed by atoms with E-state index in [1.54, 1.807) is 0 Å². The molecule has 0 saturated heterocycles. The molecule has 59 heavy (non-hydrogen) atoms. The lowest BCUT2D eigenvalue weighted by Gasteiger charge is -2.22. The average Bonchev–Trinajstić information content (AvgIpc) is 3.24. The summed E-state index contributed by atoms with van der Waals surface area (Å²) in [6.07, 6.45) is 55.2. The second-order valence-corrected chi connectivity index (χ2v) is 18.6. The Balaban J connectivity index is 3.35. The molecule has 0 aliphatic rings. The van der Waals surface area contributed by atoms with Crippen molar-refractivity contribution in [2.45, 2.75) is 315 Å². The highest BCUT2D eigenvalue weighted by Gasteiger charge is 2.20. The van der Waals surface area contributed by atoms with Gasteiger partial charge in [0.2, 0.25) is 5.91 Å². The number of aliphatic hydroxyl groups is 2. The predicted molar refractivity (Wildman–Crippen MR) is 255 cm³/mol. The Morgan fingerprint density at radius 1 is 0.407 bits per heavy atom. The van der Waals surface area contributed by atoms with Crippen LogP contribution < -0.4 is 5.32 Å². The summed E-state index contributed by atoms with van der Waals surface area (Å²) in [6, 6.07) is -0.540. The van der Waals surface area contributed by atoms with Crippen LogP contribution in [0.3, 0.4) is 0 Å². The molecule has 0 spiro atoms. The van der Waals surface area contributed by atoms with Crippen molar-refractivity contribution >= 4 is 11.9 Å². The van der Waals surface area contributed by atoms with Crippen LogP contribution in [0.5, 0.6) is 0 Å². The largest absolute Gasteiger partial charge is 0.466 e. The maximum Gasteiger partial charge on any atom is 0.305 e. The van der Waals surface area contributed by atoms with Crippen LogP contribution in [0, 0.1) is 0 Å². The number of amides is 1. The van der Waals surface area contributed by atoms with E-state index in [4.69, 9.17) is 4.74 Å². The minimum absolute atomic E-state index is 0.0105. The summed E-state index contributed by atoms with van der Waals surface area (Å²) in [5, 5.41) is 23.1. The lowest BCUT2D eigenvalue weighted by atomic mass is 10.0. The minimum atomic E-state index is -0.663. The quantitative estimate of drug-likeness (QED) is 0.0419. The van der Waals surface area contributed by atoms with E-state index in [0.717, 1.165) is 38.5 Å². The molecule has 6 heteroatoms. The smallest absolute Gasteiger partial charge is 0.305 e. The molecular weight excluding hydrogens is 731 g/mol. The summed E-state index contributed by atoms with van der Waals surface area (Å²) in [6.45, 7) is 4.94. The summed E-state index contributed by atoms with van der Waals surface area (Å²) in [5.74, 6) is -0.0296. The molecule has 6 nitrogen and oxygen atoms in total. The molecule has 0 heterocycles. The van der Waals surface area contributed by atoms with Crippen LogP contribution in [-0.4, -0.2) is 47.4 Å². The van der Waals surface area contributed by atoms with Crippen molar-refractivity contribution in [2.75, 3.05) is 13.2 Å². The Kier molecular flexibility index (Phi) is 48.6. The number of carbonyl (C=O) groups is 2. The average molecular weight is 836 g/mol. The van der Waals surface area contributed by atoms with Gasteiger partial charge in [-0.3, -0.25) is 9.59 Å². The Labute approximate surface area is 368 Å². The fourth-order valence-corrected chi connectivity index (χ4v) is 8.52. The van der Waals surface area contributed by atoms with Gasteiger partial charge in [-0.05, 0) is 25.7 Å². The number of hydrogen-bond acceptors (Lipinski definition) is 5. The highest BCUT2D eigenvalue weighted by Crippen LogP contribution is 2.17. The van der Waals surface area contributed by atoms with Crippen molar-refractivity contribution in [1.29, 1.82) is 0 Å².